The van der Waals surface area contributed by atoms with Crippen molar-refractivity contribution >= 4 is 58.2 Å². The summed E-state index contributed by atoms with van der Waals surface area (Å²) in [5.74, 6) is 0.167. The minimum atomic E-state index is -0.495. The fourth-order valence-corrected chi connectivity index (χ4v) is 4.95. The van der Waals surface area contributed by atoms with Gasteiger partial charge in [0.1, 0.15) is 11.0 Å². The maximum absolute atomic E-state index is 13.3. The van der Waals surface area contributed by atoms with Gasteiger partial charge in [0.2, 0.25) is 5.91 Å². The Morgan fingerprint density at radius 2 is 1.56 bits per heavy atom. The molecule has 2 N–H and O–H groups in total. The molecule has 4 aromatic carbocycles. The van der Waals surface area contributed by atoms with Gasteiger partial charge < -0.3 is 15.4 Å². The number of hydrogen-bond donors (Lipinski definition) is 2. The highest BCUT2D eigenvalue weighted by atomic mass is 35.5. The molecule has 0 saturated carbocycles. The molecule has 0 aromatic heterocycles. The van der Waals surface area contributed by atoms with Crippen molar-refractivity contribution in [2.24, 2.45) is 0 Å². The summed E-state index contributed by atoms with van der Waals surface area (Å²) in [7, 11) is 1.58. The van der Waals surface area contributed by atoms with Crippen molar-refractivity contribution in [3.8, 4) is 5.75 Å². The predicted molar refractivity (Wildman–Crippen MR) is 148 cm³/mol. The Balaban J connectivity index is 1.49. The van der Waals surface area contributed by atoms with Crippen molar-refractivity contribution in [1.82, 2.24) is 0 Å². The van der Waals surface area contributed by atoms with Crippen LogP contribution in [0.2, 0.25) is 10.0 Å². The van der Waals surface area contributed by atoms with Gasteiger partial charge in [-0.2, -0.15) is 0 Å². The van der Waals surface area contributed by atoms with Crippen LogP contribution in [-0.4, -0.2) is 18.9 Å². The third-order valence-electron chi connectivity index (χ3n) is 5.22. The SMILES string of the molecule is COc1cccc(NC(=O)C(Sc2ccc(NC(=O)c3ccc(Cl)cc3Cl)cc2)c2ccccc2)c1. The first-order valence-corrected chi connectivity index (χ1v) is 12.6. The number of hydrogen-bond acceptors (Lipinski definition) is 4. The van der Waals surface area contributed by atoms with E-state index in [0.717, 1.165) is 10.5 Å². The molecule has 0 heterocycles. The lowest BCUT2D eigenvalue weighted by molar-refractivity contribution is -0.115. The van der Waals surface area contributed by atoms with Gasteiger partial charge in [0.25, 0.3) is 5.91 Å². The molecule has 4 aromatic rings. The van der Waals surface area contributed by atoms with Crippen LogP contribution in [0.3, 0.4) is 0 Å². The van der Waals surface area contributed by atoms with Crippen LogP contribution in [0.15, 0.2) is 102 Å². The van der Waals surface area contributed by atoms with Crippen LogP contribution in [0.25, 0.3) is 0 Å². The first-order chi connectivity index (χ1) is 17.4. The summed E-state index contributed by atoms with van der Waals surface area (Å²) in [6.07, 6.45) is 0. The molecular weight excluding hydrogens is 515 g/mol. The molecule has 1 unspecified atom stereocenters. The minimum Gasteiger partial charge on any atom is -0.497 e. The number of methoxy groups -OCH3 is 1. The number of carbonyl (C=O) groups is 2. The standard InChI is InChI=1S/C28H22Cl2N2O3S/c1-35-22-9-5-8-21(17-22)32-28(34)26(18-6-3-2-4-7-18)36-23-13-11-20(12-14-23)31-27(33)24-15-10-19(29)16-25(24)30/h2-17,26H,1H3,(H,31,33)(H,32,34). The summed E-state index contributed by atoms with van der Waals surface area (Å²) in [5.41, 5.74) is 2.46. The van der Waals surface area contributed by atoms with Crippen molar-refractivity contribution in [2.75, 3.05) is 17.7 Å². The lowest BCUT2D eigenvalue weighted by Gasteiger charge is -2.18. The maximum Gasteiger partial charge on any atom is 0.257 e. The fourth-order valence-electron chi connectivity index (χ4n) is 3.43. The van der Waals surface area contributed by atoms with E-state index in [0.29, 0.717) is 27.7 Å². The number of rotatable bonds is 8. The van der Waals surface area contributed by atoms with E-state index in [2.05, 4.69) is 10.6 Å². The molecule has 4 rings (SSSR count). The normalized spacial score (nSPS) is 11.4. The van der Waals surface area contributed by atoms with Crippen molar-refractivity contribution in [3.63, 3.8) is 0 Å². The molecular formula is C28H22Cl2N2O3S. The van der Waals surface area contributed by atoms with Gasteiger partial charge in [0.05, 0.1) is 17.7 Å². The summed E-state index contributed by atoms with van der Waals surface area (Å²) in [6.45, 7) is 0. The highest BCUT2D eigenvalue weighted by molar-refractivity contribution is 8.00. The van der Waals surface area contributed by atoms with Gasteiger partial charge in [0, 0.05) is 27.4 Å². The van der Waals surface area contributed by atoms with Gasteiger partial charge >= 0.3 is 0 Å². The molecule has 0 aliphatic heterocycles. The van der Waals surface area contributed by atoms with Crippen LogP contribution < -0.4 is 15.4 Å². The third kappa shape index (κ3) is 6.61. The zero-order chi connectivity index (χ0) is 25.5. The van der Waals surface area contributed by atoms with Crippen LogP contribution in [0, 0.1) is 0 Å². The fraction of sp³-hybridized carbons (Fsp3) is 0.0714. The first-order valence-electron chi connectivity index (χ1n) is 11.0. The van der Waals surface area contributed by atoms with Crippen LogP contribution in [0.4, 0.5) is 11.4 Å². The van der Waals surface area contributed by atoms with E-state index in [1.807, 2.05) is 60.7 Å². The Morgan fingerprint density at radius 3 is 2.25 bits per heavy atom. The number of thioether (sulfide) groups is 1. The molecule has 0 aliphatic rings. The number of nitrogens with one attached hydrogen (secondary N) is 2. The molecule has 0 spiro atoms. The first kappa shape index (κ1) is 25.6. The van der Waals surface area contributed by atoms with Crippen LogP contribution in [-0.2, 0) is 4.79 Å². The number of ether oxygens (including phenoxy) is 1. The molecule has 36 heavy (non-hydrogen) atoms. The second kappa shape index (κ2) is 12.0. The molecule has 0 fully saturated rings. The summed E-state index contributed by atoms with van der Waals surface area (Å²) >= 11 is 13.5. The average molecular weight is 537 g/mol. The van der Waals surface area contributed by atoms with E-state index in [-0.39, 0.29) is 16.8 Å². The second-order valence-electron chi connectivity index (χ2n) is 7.73. The lowest BCUT2D eigenvalue weighted by atomic mass is 10.1. The molecule has 2 amide bonds. The van der Waals surface area contributed by atoms with Gasteiger partial charge in [-0.3, -0.25) is 9.59 Å². The number of benzene rings is 4. The average Bonchev–Trinajstić information content (AvgIpc) is 2.88. The van der Waals surface area contributed by atoms with Gasteiger partial charge in [-0.05, 0) is 60.2 Å². The van der Waals surface area contributed by atoms with Gasteiger partial charge in [-0.25, -0.2) is 0 Å². The van der Waals surface area contributed by atoms with Crippen molar-refractivity contribution in [3.05, 3.63) is 118 Å². The molecule has 1 atom stereocenters. The van der Waals surface area contributed by atoms with Crippen LogP contribution >= 0.6 is 35.0 Å². The van der Waals surface area contributed by atoms with Crippen molar-refractivity contribution in [2.45, 2.75) is 10.1 Å². The van der Waals surface area contributed by atoms with E-state index in [1.165, 1.54) is 17.8 Å². The Labute approximate surface area is 223 Å². The van der Waals surface area contributed by atoms with Gasteiger partial charge in [-0.15, -0.1) is 11.8 Å². The quantitative estimate of drug-likeness (QED) is 0.226. The second-order valence-corrected chi connectivity index (χ2v) is 9.75. The molecule has 0 aliphatic carbocycles. The van der Waals surface area contributed by atoms with E-state index in [1.54, 1.807) is 37.4 Å². The monoisotopic (exact) mass is 536 g/mol. The number of halogens is 2. The summed E-state index contributed by atoms with van der Waals surface area (Å²) in [4.78, 5) is 26.8. The van der Waals surface area contributed by atoms with Crippen LogP contribution in [0.1, 0.15) is 21.2 Å². The van der Waals surface area contributed by atoms with E-state index < -0.39 is 5.25 Å². The topological polar surface area (TPSA) is 67.4 Å². The largest absolute Gasteiger partial charge is 0.497 e. The Hall–Kier alpha value is -3.45. The molecule has 8 heteroatoms. The lowest BCUT2D eigenvalue weighted by Crippen LogP contribution is -2.19. The molecule has 0 radical (unpaired) electrons. The maximum atomic E-state index is 13.3. The summed E-state index contributed by atoms with van der Waals surface area (Å²) in [5, 5.41) is 6.05. The van der Waals surface area contributed by atoms with Gasteiger partial charge in [-0.1, -0.05) is 59.6 Å². The van der Waals surface area contributed by atoms with Crippen molar-refractivity contribution < 1.29 is 14.3 Å². The van der Waals surface area contributed by atoms with E-state index >= 15 is 0 Å². The molecule has 182 valence electrons. The van der Waals surface area contributed by atoms with Gasteiger partial charge in [0.15, 0.2) is 0 Å². The van der Waals surface area contributed by atoms with E-state index in [9.17, 15) is 9.59 Å². The Morgan fingerprint density at radius 1 is 0.806 bits per heavy atom. The van der Waals surface area contributed by atoms with E-state index in [4.69, 9.17) is 27.9 Å². The smallest absolute Gasteiger partial charge is 0.257 e. The Bertz CT molecular complexity index is 1370. The highest BCUT2D eigenvalue weighted by Gasteiger charge is 2.22. The molecule has 0 saturated heterocycles. The number of amides is 2. The zero-order valence-corrected chi connectivity index (χ0v) is 21.5. The zero-order valence-electron chi connectivity index (χ0n) is 19.2. The summed E-state index contributed by atoms with van der Waals surface area (Å²) in [6, 6.07) is 28.8. The Kier molecular flexibility index (Phi) is 8.54. The predicted octanol–water partition coefficient (Wildman–Crippen LogP) is 7.73. The third-order valence-corrected chi connectivity index (χ3v) is 7.03. The minimum absolute atomic E-state index is 0.158. The summed E-state index contributed by atoms with van der Waals surface area (Å²) < 4.78 is 5.26. The molecule has 0 bridgehead atoms. The number of anilines is 2. The van der Waals surface area contributed by atoms with Crippen molar-refractivity contribution in [1.29, 1.82) is 0 Å². The highest BCUT2D eigenvalue weighted by Crippen LogP contribution is 2.37. The van der Waals surface area contributed by atoms with Crippen LogP contribution in [0.5, 0.6) is 5.75 Å². The molecule has 5 nitrogen and oxygen atoms in total. The number of carbonyl (C=O) groups excluding carboxylic acids is 2.